The van der Waals surface area contributed by atoms with Gasteiger partial charge in [-0.25, -0.2) is 0 Å². The van der Waals surface area contributed by atoms with Gasteiger partial charge in [0.2, 0.25) is 0 Å². The summed E-state index contributed by atoms with van der Waals surface area (Å²) < 4.78 is 10.9. The highest BCUT2D eigenvalue weighted by Gasteiger charge is 2.13. The summed E-state index contributed by atoms with van der Waals surface area (Å²) in [5.74, 6) is 2.44. The van der Waals surface area contributed by atoms with Crippen molar-refractivity contribution in [3.8, 4) is 11.5 Å². The predicted molar refractivity (Wildman–Crippen MR) is 64.1 cm³/mol. The minimum atomic E-state index is 0.687. The van der Waals surface area contributed by atoms with Crippen molar-refractivity contribution in [3.05, 3.63) is 24.3 Å². The minimum absolute atomic E-state index is 0.687. The molecule has 0 saturated carbocycles. The van der Waals surface area contributed by atoms with Gasteiger partial charge in [-0.1, -0.05) is 6.07 Å². The number of hydrogen-bond donors (Lipinski definition) is 1. The molecule has 1 N–H and O–H groups in total. The Morgan fingerprint density at radius 1 is 1.25 bits per heavy atom. The summed E-state index contributed by atoms with van der Waals surface area (Å²) in [4.78, 5) is 0. The fourth-order valence-electron chi connectivity index (χ4n) is 1.95. The van der Waals surface area contributed by atoms with E-state index in [4.69, 9.17) is 9.47 Å². The van der Waals surface area contributed by atoms with E-state index >= 15 is 0 Å². The number of methoxy groups -OCH3 is 1. The van der Waals surface area contributed by atoms with Crippen LogP contribution in [0.5, 0.6) is 11.5 Å². The minimum Gasteiger partial charge on any atom is -0.497 e. The van der Waals surface area contributed by atoms with Crippen LogP contribution in [0.2, 0.25) is 0 Å². The quantitative estimate of drug-likeness (QED) is 0.844. The number of nitrogens with one attached hydrogen (secondary N) is 1. The van der Waals surface area contributed by atoms with E-state index in [1.54, 1.807) is 7.11 Å². The Balaban J connectivity index is 1.83. The van der Waals surface area contributed by atoms with Crippen molar-refractivity contribution >= 4 is 0 Å². The van der Waals surface area contributed by atoms with Crippen LogP contribution >= 0.6 is 0 Å². The summed E-state index contributed by atoms with van der Waals surface area (Å²) >= 11 is 0. The molecule has 3 nitrogen and oxygen atoms in total. The number of benzene rings is 1. The van der Waals surface area contributed by atoms with E-state index in [-0.39, 0.29) is 0 Å². The molecular formula is C13H19NO2. The molecule has 1 aliphatic heterocycles. The fourth-order valence-corrected chi connectivity index (χ4v) is 1.95. The van der Waals surface area contributed by atoms with E-state index < -0.39 is 0 Å². The number of rotatable bonds is 4. The molecule has 3 heteroatoms. The lowest BCUT2D eigenvalue weighted by atomic mass is 9.99. The standard InChI is InChI=1S/C13H19NO2/c1-15-12-3-2-4-13(9-12)16-10-11-5-7-14-8-6-11/h2-4,9,11,14H,5-8,10H2,1H3. The molecule has 0 aliphatic carbocycles. The molecule has 1 heterocycles. The van der Waals surface area contributed by atoms with E-state index in [2.05, 4.69) is 5.32 Å². The molecule has 1 aliphatic rings. The van der Waals surface area contributed by atoms with E-state index in [1.165, 1.54) is 12.8 Å². The van der Waals surface area contributed by atoms with Crippen LogP contribution in [0.15, 0.2) is 24.3 Å². The first kappa shape index (κ1) is 11.3. The molecule has 1 aromatic carbocycles. The van der Waals surface area contributed by atoms with Crippen LogP contribution in [0.3, 0.4) is 0 Å². The second kappa shape index (κ2) is 5.75. The van der Waals surface area contributed by atoms with Gasteiger partial charge in [-0.2, -0.15) is 0 Å². The second-order valence-electron chi connectivity index (χ2n) is 4.18. The molecule has 0 radical (unpaired) electrons. The molecular weight excluding hydrogens is 202 g/mol. The zero-order valence-electron chi connectivity index (χ0n) is 9.74. The molecule has 1 aromatic rings. The third-order valence-electron chi connectivity index (χ3n) is 2.99. The molecule has 0 spiro atoms. The van der Waals surface area contributed by atoms with Crippen molar-refractivity contribution < 1.29 is 9.47 Å². The molecule has 0 atom stereocenters. The number of piperidine rings is 1. The Kier molecular flexibility index (Phi) is 4.05. The second-order valence-corrected chi connectivity index (χ2v) is 4.18. The van der Waals surface area contributed by atoms with Gasteiger partial charge in [-0.3, -0.25) is 0 Å². The summed E-state index contributed by atoms with van der Waals surface area (Å²) in [6, 6.07) is 7.79. The van der Waals surface area contributed by atoms with Gasteiger partial charge in [-0.15, -0.1) is 0 Å². The smallest absolute Gasteiger partial charge is 0.122 e. The highest BCUT2D eigenvalue weighted by Crippen LogP contribution is 2.20. The zero-order chi connectivity index (χ0) is 11.2. The van der Waals surface area contributed by atoms with Crippen molar-refractivity contribution in [1.29, 1.82) is 0 Å². The Morgan fingerprint density at radius 3 is 2.75 bits per heavy atom. The zero-order valence-corrected chi connectivity index (χ0v) is 9.74. The van der Waals surface area contributed by atoms with E-state index in [9.17, 15) is 0 Å². The Labute approximate surface area is 96.8 Å². The van der Waals surface area contributed by atoms with Gasteiger partial charge in [0.25, 0.3) is 0 Å². The Hall–Kier alpha value is -1.22. The highest BCUT2D eigenvalue weighted by atomic mass is 16.5. The number of ether oxygens (including phenoxy) is 2. The molecule has 1 saturated heterocycles. The van der Waals surface area contributed by atoms with Gasteiger partial charge >= 0.3 is 0 Å². The van der Waals surface area contributed by atoms with Gasteiger partial charge in [0.05, 0.1) is 13.7 Å². The molecule has 0 unspecified atom stereocenters. The fraction of sp³-hybridized carbons (Fsp3) is 0.538. The molecule has 88 valence electrons. The van der Waals surface area contributed by atoms with Crippen LogP contribution in [0, 0.1) is 5.92 Å². The lowest BCUT2D eigenvalue weighted by Crippen LogP contribution is -2.30. The summed E-state index contributed by atoms with van der Waals surface area (Å²) in [5.41, 5.74) is 0. The van der Waals surface area contributed by atoms with Crippen LogP contribution in [0.1, 0.15) is 12.8 Å². The summed E-state index contributed by atoms with van der Waals surface area (Å²) in [6.45, 7) is 3.05. The van der Waals surface area contributed by atoms with Crippen molar-refractivity contribution in [2.24, 2.45) is 5.92 Å². The lowest BCUT2D eigenvalue weighted by Gasteiger charge is -2.22. The Morgan fingerprint density at radius 2 is 2.00 bits per heavy atom. The topological polar surface area (TPSA) is 30.5 Å². The average molecular weight is 221 g/mol. The maximum atomic E-state index is 5.78. The summed E-state index contributed by atoms with van der Waals surface area (Å²) in [7, 11) is 1.67. The van der Waals surface area contributed by atoms with Crippen molar-refractivity contribution in [2.45, 2.75) is 12.8 Å². The summed E-state index contributed by atoms with van der Waals surface area (Å²) in [5, 5.41) is 3.36. The van der Waals surface area contributed by atoms with Crippen molar-refractivity contribution in [3.63, 3.8) is 0 Å². The highest BCUT2D eigenvalue weighted by molar-refractivity contribution is 5.32. The van der Waals surface area contributed by atoms with Crippen LogP contribution < -0.4 is 14.8 Å². The SMILES string of the molecule is COc1cccc(OCC2CCNCC2)c1. The largest absolute Gasteiger partial charge is 0.497 e. The van der Waals surface area contributed by atoms with E-state index in [1.807, 2.05) is 24.3 Å². The first-order valence-electron chi connectivity index (χ1n) is 5.86. The normalized spacial score (nSPS) is 17.1. The molecule has 0 bridgehead atoms. The molecule has 1 fully saturated rings. The van der Waals surface area contributed by atoms with Crippen LogP contribution in [-0.2, 0) is 0 Å². The molecule has 16 heavy (non-hydrogen) atoms. The molecule has 0 amide bonds. The van der Waals surface area contributed by atoms with Gasteiger partial charge in [0.1, 0.15) is 11.5 Å². The third-order valence-corrected chi connectivity index (χ3v) is 2.99. The molecule has 2 rings (SSSR count). The first-order chi connectivity index (χ1) is 7.88. The van der Waals surface area contributed by atoms with Crippen LogP contribution in [0.4, 0.5) is 0 Å². The Bertz CT molecular complexity index is 321. The van der Waals surface area contributed by atoms with Gasteiger partial charge < -0.3 is 14.8 Å². The van der Waals surface area contributed by atoms with E-state index in [0.717, 1.165) is 31.2 Å². The van der Waals surface area contributed by atoms with Crippen LogP contribution in [-0.4, -0.2) is 26.8 Å². The van der Waals surface area contributed by atoms with Gasteiger partial charge in [0, 0.05) is 6.07 Å². The lowest BCUT2D eigenvalue weighted by molar-refractivity contribution is 0.214. The average Bonchev–Trinajstić information content (AvgIpc) is 2.38. The number of hydrogen-bond acceptors (Lipinski definition) is 3. The summed E-state index contributed by atoms with van der Waals surface area (Å²) in [6.07, 6.45) is 2.42. The predicted octanol–water partition coefficient (Wildman–Crippen LogP) is 2.07. The maximum absolute atomic E-state index is 5.78. The third kappa shape index (κ3) is 3.14. The van der Waals surface area contributed by atoms with Crippen molar-refractivity contribution in [2.75, 3.05) is 26.8 Å². The van der Waals surface area contributed by atoms with Gasteiger partial charge in [-0.05, 0) is 44.0 Å². The van der Waals surface area contributed by atoms with Gasteiger partial charge in [0.15, 0.2) is 0 Å². The monoisotopic (exact) mass is 221 g/mol. The van der Waals surface area contributed by atoms with E-state index in [0.29, 0.717) is 5.92 Å². The van der Waals surface area contributed by atoms with Crippen molar-refractivity contribution in [1.82, 2.24) is 5.32 Å². The van der Waals surface area contributed by atoms with Crippen LogP contribution in [0.25, 0.3) is 0 Å². The molecule has 0 aromatic heterocycles. The first-order valence-corrected chi connectivity index (χ1v) is 5.86. The maximum Gasteiger partial charge on any atom is 0.122 e.